The van der Waals surface area contributed by atoms with Gasteiger partial charge in [0.15, 0.2) is 11.4 Å². The first-order valence-corrected chi connectivity index (χ1v) is 18.8. The fourth-order valence-corrected chi connectivity index (χ4v) is 11.8. The van der Waals surface area contributed by atoms with Gasteiger partial charge in [0.2, 0.25) is 0 Å². The van der Waals surface area contributed by atoms with Crippen LogP contribution in [-0.4, -0.2) is 40.9 Å². The third-order valence-corrected chi connectivity index (χ3v) is 14.7. The topological polar surface area (TPSA) is 66.8 Å². The smallest absolute Gasteiger partial charge is 0.170 e. The predicted octanol–water partition coefficient (Wildman–Crippen LogP) is 9.25. The molecule has 0 amide bonds. The number of aliphatic hydroxyl groups is 2. The Hall–Kier alpha value is -1.23. The van der Waals surface area contributed by atoms with Gasteiger partial charge in [-0.05, 0) is 153 Å². The minimum atomic E-state index is -1.61. The van der Waals surface area contributed by atoms with E-state index in [1.54, 1.807) is 12.2 Å². The first-order valence-electron chi connectivity index (χ1n) is 18.8. The number of ether oxygens (including phenoxy) is 1. The fraction of sp³-hybridized carbons (Fsp3) is 0.829. The molecule has 2 N–H and O–H groups in total. The van der Waals surface area contributed by atoms with Crippen molar-refractivity contribution in [2.24, 2.45) is 58.2 Å². The van der Waals surface area contributed by atoms with Crippen molar-refractivity contribution in [3.63, 3.8) is 0 Å². The molecule has 4 fully saturated rings. The lowest BCUT2D eigenvalue weighted by atomic mass is 9.44. The summed E-state index contributed by atoms with van der Waals surface area (Å²) in [6.07, 6.45) is 26.7. The number of allylic oxidation sites excluding steroid dienone is 3. The second-order valence-corrected chi connectivity index (χ2v) is 17.3. The number of carbonyl (C=O) groups excluding carboxylic acids is 1. The fourth-order valence-electron chi connectivity index (χ4n) is 11.8. The van der Waals surface area contributed by atoms with Crippen LogP contribution in [-0.2, 0) is 9.53 Å². The molecular formula is C41H66O4. The van der Waals surface area contributed by atoms with Gasteiger partial charge in [-0.25, -0.2) is 0 Å². The number of methoxy groups -OCH3 is 1. The summed E-state index contributed by atoms with van der Waals surface area (Å²) in [5, 5.41) is 21.7. The van der Waals surface area contributed by atoms with Crippen molar-refractivity contribution in [1.82, 2.24) is 0 Å². The summed E-state index contributed by atoms with van der Waals surface area (Å²) in [5.41, 5.74) is 0.424. The van der Waals surface area contributed by atoms with Crippen LogP contribution in [0.3, 0.4) is 0 Å². The van der Waals surface area contributed by atoms with Crippen molar-refractivity contribution < 1.29 is 19.7 Å². The standard InChI is InChI=1S/C41H66O4/c1-27(2)31(26-33(43)13-10-11-30-20-24-41(44,29(4)42)38(25-30)45-7)15-14-28(3)35-18-19-36-34-17-16-32-12-8-9-22-39(32,5)37(34)21-23-40(35,36)6/h10-11,20,24-25,27-28,31-38,43-44H,8-9,12-19,21-23,26H2,1-7H3/b11-10+/t28-,31+,32?,33?,34+,35-,36+,37+,38?,39+,40-,41?/m1/s1. The highest BCUT2D eigenvalue weighted by Gasteiger charge is 2.60. The molecule has 4 unspecified atom stereocenters. The molecule has 0 aromatic carbocycles. The molecule has 0 aliphatic heterocycles. The van der Waals surface area contributed by atoms with Crippen LogP contribution in [0.4, 0.5) is 0 Å². The number of hydrogen-bond donors (Lipinski definition) is 2. The van der Waals surface area contributed by atoms with Gasteiger partial charge in [0, 0.05) is 7.11 Å². The van der Waals surface area contributed by atoms with Crippen LogP contribution >= 0.6 is 0 Å². The van der Waals surface area contributed by atoms with E-state index in [9.17, 15) is 15.0 Å². The molecule has 0 saturated heterocycles. The van der Waals surface area contributed by atoms with Crippen molar-refractivity contribution in [2.75, 3.05) is 7.11 Å². The van der Waals surface area contributed by atoms with Crippen molar-refractivity contribution in [3.05, 3.63) is 36.0 Å². The summed E-state index contributed by atoms with van der Waals surface area (Å²) in [6.45, 7) is 14.0. The molecule has 0 heterocycles. The first-order chi connectivity index (χ1) is 21.3. The maximum atomic E-state index is 11.9. The molecule has 5 aliphatic rings. The second-order valence-electron chi connectivity index (χ2n) is 17.3. The first kappa shape index (κ1) is 35.1. The van der Waals surface area contributed by atoms with E-state index in [-0.39, 0.29) is 11.9 Å². The molecule has 0 aromatic heterocycles. The summed E-state index contributed by atoms with van der Waals surface area (Å²) in [7, 11) is 1.50. The maximum absolute atomic E-state index is 11.9. The maximum Gasteiger partial charge on any atom is 0.170 e. The normalized spacial score (nSPS) is 41.7. The van der Waals surface area contributed by atoms with E-state index in [0.717, 1.165) is 47.5 Å². The molecule has 4 nitrogen and oxygen atoms in total. The van der Waals surface area contributed by atoms with Crippen LogP contribution in [0, 0.1) is 58.2 Å². The van der Waals surface area contributed by atoms with Crippen LogP contribution in [0.5, 0.6) is 0 Å². The highest BCUT2D eigenvalue weighted by Crippen LogP contribution is 2.68. The molecule has 12 atom stereocenters. The van der Waals surface area contributed by atoms with E-state index >= 15 is 0 Å². The number of carbonyl (C=O) groups is 1. The van der Waals surface area contributed by atoms with Gasteiger partial charge in [-0.15, -0.1) is 0 Å². The molecule has 0 radical (unpaired) electrons. The number of rotatable bonds is 12. The van der Waals surface area contributed by atoms with E-state index in [4.69, 9.17) is 4.74 Å². The average molecular weight is 623 g/mol. The summed E-state index contributed by atoms with van der Waals surface area (Å²) in [4.78, 5) is 11.9. The van der Waals surface area contributed by atoms with Crippen LogP contribution in [0.1, 0.15) is 131 Å². The van der Waals surface area contributed by atoms with Gasteiger partial charge < -0.3 is 14.9 Å². The van der Waals surface area contributed by atoms with Gasteiger partial charge in [-0.3, -0.25) is 4.79 Å². The van der Waals surface area contributed by atoms with E-state index in [2.05, 4.69) is 34.6 Å². The Morgan fingerprint density at radius 2 is 1.76 bits per heavy atom. The van der Waals surface area contributed by atoms with E-state index in [0.29, 0.717) is 29.1 Å². The van der Waals surface area contributed by atoms with Crippen LogP contribution in [0.25, 0.3) is 0 Å². The Bertz CT molecular complexity index is 1120. The van der Waals surface area contributed by atoms with Crippen molar-refractivity contribution >= 4 is 5.78 Å². The molecule has 45 heavy (non-hydrogen) atoms. The number of fused-ring (bicyclic) bond motifs is 5. The molecule has 0 aromatic rings. The largest absolute Gasteiger partial charge is 0.393 e. The lowest BCUT2D eigenvalue weighted by Gasteiger charge is -2.61. The second kappa shape index (κ2) is 14.1. The average Bonchev–Trinajstić information content (AvgIpc) is 3.36. The molecule has 5 rings (SSSR count). The summed E-state index contributed by atoms with van der Waals surface area (Å²) < 4.78 is 5.39. The third kappa shape index (κ3) is 6.86. The minimum absolute atomic E-state index is 0.334. The highest BCUT2D eigenvalue weighted by atomic mass is 16.5. The minimum Gasteiger partial charge on any atom is -0.393 e. The summed E-state index contributed by atoms with van der Waals surface area (Å²) in [6, 6.07) is 0. The molecule has 0 bridgehead atoms. The van der Waals surface area contributed by atoms with Gasteiger partial charge in [0.25, 0.3) is 0 Å². The molecular weight excluding hydrogens is 556 g/mol. The number of Topliss-reactive ketones (excluding diaryl/α,β-unsaturated/α-hetero) is 1. The van der Waals surface area contributed by atoms with Crippen molar-refractivity contribution in [2.45, 2.75) is 149 Å². The van der Waals surface area contributed by atoms with E-state index in [1.807, 2.05) is 12.2 Å². The zero-order valence-electron chi connectivity index (χ0n) is 29.8. The highest BCUT2D eigenvalue weighted by molar-refractivity contribution is 5.88. The number of ketones is 1. The SMILES string of the molecule is COC1C=C(/C=C/CC(O)C[C@H](CC[C@@H](C)[C@H]2CC[C@H]3[C@@H]4CCC5CCCC[C@]5(C)[C@H]4CC[C@]23C)C(C)C)C=CC1(O)C(C)=O. The van der Waals surface area contributed by atoms with E-state index in [1.165, 1.54) is 97.2 Å². The van der Waals surface area contributed by atoms with Gasteiger partial charge in [0.05, 0.1) is 6.10 Å². The molecule has 4 saturated carbocycles. The van der Waals surface area contributed by atoms with Crippen LogP contribution in [0.15, 0.2) is 36.0 Å². The Morgan fingerprint density at radius 1 is 1.00 bits per heavy atom. The molecule has 254 valence electrons. The van der Waals surface area contributed by atoms with Gasteiger partial charge in [0.1, 0.15) is 6.10 Å². The predicted molar refractivity (Wildman–Crippen MR) is 185 cm³/mol. The van der Waals surface area contributed by atoms with Crippen LogP contribution in [0.2, 0.25) is 0 Å². The summed E-state index contributed by atoms with van der Waals surface area (Å²) >= 11 is 0. The molecule has 5 aliphatic carbocycles. The monoisotopic (exact) mass is 622 g/mol. The van der Waals surface area contributed by atoms with Crippen molar-refractivity contribution in [1.29, 1.82) is 0 Å². The van der Waals surface area contributed by atoms with Crippen LogP contribution < -0.4 is 0 Å². The molecule has 4 heteroatoms. The van der Waals surface area contributed by atoms with Crippen molar-refractivity contribution in [3.8, 4) is 0 Å². The summed E-state index contributed by atoms with van der Waals surface area (Å²) in [5.74, 6) is 6.27. The Balaban J connectivity index is 1.13. The Labute approximate surface area is 275 Å². The zero-order valence-corrected chi connectivity index (χ0v) is 29.8. The lowest BCUT2D eigenvalue weighted by Crippen LogP contribution is -2.53. The van der Waals surface area contributed by atoms with Gasteiger partial charge in [-0.1, -0.05) is 72.1 Å². The third-order valence-electron chi connectivity index (χ3n) is 14.7. The number of aliphatic hydroxyl groups excluding tert-OH is 1. The van der Waals surface area contributed by atoms with Gasteiger partial charge >= 0.3 is 0 Å². The quantitative estimate of drug-likeness (QED) is 0.228. The van der Waals surface area contributed by atoms with E-state index < -0.39 is 11.7 Å². The Kier molecular flexibility index (Phi) is 11.0. The van der Waals surface area contributed by atoms with Gasteiger partial charge in [-0.2, -0.15) is 0 Å². The number of hydrogen-bond acceptors (Lipinski definition) is 4. The molecule has 0 spiro atoms. The zero-order chi connectivity index (χ0) is 32.6. The Morgan fingerprint density at radius 3 is 2.47 bits per heavy atom. The lowest BCUT2D eigenvalue weighted by molar-refractivity contribution is -0.139.